The predicted molar refractivity (Wildman–Crippen MR) is 45.2 cm³/mol. The lowest BCUT2D eigenvalue weighted by atomic mass is 10.4. The average molecular weight is 170 g/mol. The van der Waals surface area contributed by atoms with Gasteiger partial charge in [-0.05, 0) is 19.5 Å². The number of amides is 1. The highest BCUT2D eigenvalue weighted by Crippen LogP contribution is 1.69. The molecule has 0 aliphatic rings. The third kappa shape index (κ3) is 6.99. The SMILES string of the molecule is N#CCNC(=O)CNCCCN. The minimum Gasteiger partial charge on any atom is -0.342 e. The molecule has 0 radical (unpaired) electrons. The standard InChI is InChI=1S/C7H14N4O/c8-2-1-4-10-6-7(12)11-5-3-9/h10H,1-2,4-6,8H2,(H,11,12). The van der Waals surface area contributed by atoms with Crippen molar-refractivity contribution in [2.45, 2.75) is 6.42 Å². The van der Waals surface area contributed by atoms with Crippen LogP contribution < -0.4 is 16.4 Å². The number of carbonyl (C=O) groups excluding carboxylic acids is 1. The molecule has 0 heterocycles. The van der Waals surface area contributed by atoms with Gasteiger partial charge in [0.05, 0.1) is 12.6 Å². The van der Waals surface area contributed by atoms with Crippen LogP contribution in [0.25, 0.3) is 0 Å². The Balaban J connectivity index is 3.15. The Morgan fingerprint density at radius 3 is 2.92 bits per heavy atom. The van der Waals surface area contributed by atoms with Crippen molar-refractivity contribution in [3.8, 4) is 6.07 Å². The maximum Gasteiger partial charge on any atom is 0.234 e. The highest BCUT2D eigenvalue weighted by molar-refractivity contribution is 5.78. The van der Waals surface area contributed by atoms with Crippen LogP contribution in [0, 0.1) is 11.3 Å². The van der Waals surface area contributed by atoms with Crippen LogP contribution in [0.3, 0.4) is 0 Å². The Morgan fingerprint density at radius 2 is 2.33 bits per heavy atom. The van der Waals surface area contributed by atoms with Crippen molar-refractivity contribution in [2.75, 3.05) is 26.2 Å². The van der Waals surface area contributed by atoms with Crippen LogP contribution in [0.15, 0.2) is 0 Å². The number of rotatable bonds is 6. The van der Waals surface area contributed by atoms with Crippen LogP contribution in [-0.4, -0.2) is 32.1 Å². The van der Waals surface area contributed by atoms with E-state index in [0.717, 1.165) is 13.0 Å². The molecule has 0 atom stereocenters. The molecule has 0 aromatic heterocycles. The first-order valence-corrected chi connectivity index (χ1v) is 3.85. The molecular weight excluding hydrogens is 156 g/mol. The number of hydrogen-bond donors (Lipinski definition) is 3. The van der Waals surface area contributed by atoms with Crippen molar-refractivity contribution in [2.24, 2.45) is 5.73 Å². The van der Waals surface area contributed by atoms with Gasteiger partial charge < -0.3 is 16.4 Å². The fourth-order valence-electron chi connectivity index (χ4n) is 0.630. The molecule has 0 aromatic rings. The Labute approximate surface area is 71.9 Å². The molecule has 0 spiro atoms. The van der Waals surface area contributed by atoms with Gasteiger partial charge in [0.2, 0.25) is 5.91 Å². The lowest BCUT2D eigenvalue weighted by Crippen LogP contribution is -2.34. The molecule has 0 saturated carbocycles. The molecule has 68 valence electrons. The molecule has 0 unspecified atom stereocenters. The Kier molecular flexibility index (Phi) is 7.24. The van der Waals surface area contributed by atoms with Crippen LogP contribution >= 0.6 is 0 Å². The quantitative estimate of drug-likeness (QED) is 0.336. The molecule has 0 fully saturated rings. The molecule has 0 bridgehead atoms. The summed E-state index contributed by atoms with van der Waals surface area (Å²) >= 11 is 0. The minimum atomic E-state index is -0.159. The number of hydrogen-bond acceptors (Lipinski definition) is 4. The van der Waals surface area contributed by atoms with Crippen LogP contribution in [0.1, 0.15) is 6.42 Å². The summed E-state index contributed by atoms with van der Waals surface area (Å²) in [5.41, 5.74) is 5.24. The number of carbonyl (C=O) groups is 1. The van der Waals surface area contributed by atoms with E-state index in [-0.39, 0.29) is 19.0 Å². The summed E-state index contributed by atoms with van der Waals surface area (Å²) < 4.78 is 0. The molecular formula is C7H14N4O. The Hall–Kier alpha value is -1.12. The predicted octanol–water partition coefficient (Wildman–Crippen LogP) is -1.44. The molecule has 0 rings (SSSR count). The van der Waals surface area contributed by atoms with E-state index in [0.29, 0.717) is 6.54 Å². The van der Waals surface area contributed by atoms with Crippen molar-refractivity contribution in [3.63, 3.8) is 0 Å². The van der Waals surface area contributed by atoms with E-state index in [4.69, 9.17) is 11.0 Å². The van der Waals surface area contributed by atoms with Gasteiger partial charge in [-0.3, -0.25) is 4.79 Å². The van der Waals surface area contributed by atoms with Gasteiger partial charge in [0, 0.05) is 0 Å². The molecule has 0 saturated heterocycles. The van der Waals surface area contributed by atoms with E-state index >= 15 is 0 Å². The monoisotopic (exact) mass is 170 g/mol. The largest absolute Gasteiger partial charge is 0.342 e. The Morgan fingerprint density at radius 1 is 1.58 bits per heavy atom. The maximum absolute atomic E-state index is 10.8. The second-order valence-corrected chi connectivity index (χ2v) is 2.25. The highest BCUT2D eigenvalue weighted by atomic mass is 16.1. The van der Waals surface area contributed by atoms with Gasteiger partial charge in [0.1, 0.15) is 6.54 Å². The number of nitrogens with one attached hydrogen (secondary N) is 2. The first-order valence-electron chi connectivity index (χ1n) is 3.85. The first kappa shape index (κ1) is 10.9. The summed E-state index contributed by atoms with van der Waals surface area (Å²) in [5.74, 6) is -0.159. The van der Waals surface area contributed by atoms with E-state index < -0.39 is 0 Å². The van der Waals surface area contributed by atoms with Crippen molar-refractivity contribution in [3.05, 3.63) is 0 Å². The molecule has 12 heavy (non-hydrogen) atoms. The fourth-order valence-corrected chi connectivity index (χ4v) is 0.630. The van der Waals surface area contributed by atoms with Crippen LogP contribution in [-0.2, 0) is 4.79 Å². The van der Waals surface area contributed by atoms with Gasteiger partial charge >= 0.3 is 0 Å². The van der Waals surface area contributed by atoms with Crippen molar-refractivity contribution in [1.29, 1.82) is 5.26 Å². The second kappa shape index (κ2) is 7.98. The van der Waals surface area contributed by atoms with E-state index in [9.17, 15) is 4.79 Å². The number of nitrogens with two attached hydrogens (primary N) is 1. The molecule has 0 aliphatic carbocycles. The number of nitrogens with zero attached hydrogens (tertiary/aromatic N) is 1. The molecule has 4 N–H and O–H groups in total. The van der Waals surface area contributed by atoms with Gasteiger partial charge in [0.15, 0.2) is 0 Å². The van der Waals surface area contributed by atoms with Gasteiger partial charge in [0.25, 0.3) is 0 Å². The maximum atomic E-state index is 10.8. The zero-order chi connectivity index (χ0) is 9.23. The summed E-state index contributed by atoms with van der Waals surface area (Å²) in [4.78, 5) is 10.8. The number of nitriles is 1. The Bertz CT molecular complexity index is 163. The van der Waals surface area contributed by atoms with E-state index in [1.54, 1.807) is 0 Å². The van der Waals surface area contributed by atoms with Gasteiger partial charge in [-0.15, -0.1) is 0 Å². The summed E-state index contributed by atoms with van der Waals surface area (Å²) in [6.07, 6.45) is 0.853. The topological polar surface area (TPSA) is 90.9 Å². The van der Waals surface area contributed by atoms with Gasteiger partial charge in [-0.1, -0.05) is 0 Å². The van der Waals surface area contributed by atoms with E-state index in [1.807, 2.05) is 6.07 Å². The zero-order valence-electron chi connectivity index (χ0n) is 6.97. The molecule has 0 aliphatic heterocycles. The summed E-state index contributed by atoms with van der Waals surface area (Å²) in [7, 11) is 0. The lowest BCUT2D eigenvalue weighted by Gasteiger charge is -2.02. The fraction of sp³-hybridized carbons (Fsp3) is 0.714. The van der Waals surface area contributed by atoms with Crippen molar-refractivity contribution >= 4 is 5.91 Å². The molecule has 5 nitrogen and oxygen atoms in total. The second-order valence-electron chi connectivity index (χ2n) is 2.25. The summed E-state index contributed by atoms with van der Waals surface area (Å²) in [5, 5.41) is 13.4. The van der Waals surface area contributed by atoms with Crippen molar-refractivity contribution in [1.82, 2.24) is 10.6 Å². The minimum absolute atomic E-state index is 0.0669. The normalized spacial score (nSPS) is 9.00. The third-order valence-corrected chi connectivity index (χ3v) is 1.21. The highest BCUT2D eigenvalue weighted by Gasteiger charge is 1.96. The van der Waals surface area contributed by atoms with E-state index in [1.165, 1.54) is 0 Å². The van der Waals surface area contributed by atoms with Crippen LogP contribution in [0.4, 0.5) is 0 Å². The van der Waals surface area contributed by atoms with Gasteiger partial charge in [-0.2, -0.15) is 5.26 Å². The first-order chi connectivity index (χ1) is 5.81. The molecule has 5 heteroatoms. The molecule has 1 amide bonds. The molecule has 0 aromatic carbocycles. The van der Waals surface area contributed by atoms with E-state index in [2.05, 4.69) is 10.6 Å². The van der Waals surface area contributed by atoms with Gasteiger partial charge in [-0.25, -0.2) is 0 Å². The summed E-state index contributed by atoms with van der Waals surface area (Å²) in [6.45, 7) is 1.67. The van der Waals surface area contributed by atoms with Crippen LogP contribution in [0.5, 0.6) is 0 Å². The van der Waals surface area contributed by atoms with Crippen LogP contribution in [0.2, 0.25) is 0 Å². The summed E-state index contributed by atoms with van der Waals surface area (Å²) in [6, 6.07) is 1.82. The average Bonchev–Trinajstić information content (AvgIpc) is 2.09. The lowest BCUT2D eigenvalue weighted by molar-refractivity contribution is -0.120. The smallest absolute Gasteiger partial charge is 0.234 e. The van der Waals surface area contributed by atoms with Crippen molar-refractivity contribution < 1.29 is 4.79 Å². The zero-order valence-corrected chi connectivity index (χ0v) is 6.97. The third-order valence-electron chi connectivity index (χ3n) is 1.21.